The van der Waals surface area contributed by atoms with Gasteiger partial charge in [-0.05, 0) is 67.8 Å². The first-order valence-electron chi connectivity index (χ1n) is 10.3. The van der Waals surface area contributed by atoms with E-state index in [1.807, 2.05) is 56.3 Å². The molecule has 0 aliphatic heterocycles. The summed E-state index contributed by atoms with van der Waals surface area (Å²) in [6.45, 7) is 4.94. The van der Waals surface area contributed by atoms with E-state index in [1.165, 1.54) is 0 Å². The highest BCUT2D eigenvalue weighted by Crippen LogP contribution is 2.27. The van der Waals surface area contributed by atoms with Gasteiger partial charge in [0.25, 0.3) is 5.91 Å². The quantitative estimate of drug-likeness (QED) is 0.407. The van der Waals surface area contributed by atoms with Crippen molar-refractivity contribution < 1.29 is 18.7 Å². The number of carbonyl (C=O) groups excluding carboxylic acids is 1. The summed E-state index contributed by atoms with van der Waals surface area (Å²) in [4.78, 5) is 12.6. The molecule has 1 aromatic carbocycles. The van der Waals surface area contributed by atoms with Crippen LogP contribution in [0.4, 0.5) is 0 Å². The Bertz CT molecular complexity index is 1150. The molecule has 2 aromatic heterocycles. The van der Waals surface area contributed by atoms with Gasteiger partial charge < -0.3 is 23.8 Å². The molecule has 3 rings (SSSR count). The second kappa shape index (κ2) is 10.4. The molecule has 0 saturated heterocycles. The fourth-order valence-electron chi connectivity index (χ4n) is 3.53. The number of nitrogens with zero attached hydrogens (tertiary/aromatic N) is 2. The number of amides is 1. The standard InChI is InChI=1S/C25H27N3O4/c1-17-12-20(18(2)28(17)16-22-6-5-11-32-22)14-21(15-26)25(29)27-10-9-19-7-8-23(30-3)24(13-19)31-4/h5-8,11-14H,9-10,16H2,1-4H3,(H,27,29)/b21-14+. The molecular formula is C25H27N3O4. The van der Waals surface area contributed by atoms with Crippen LogP contribution >= 0.6 is 0 Å². The van der Waals surface area contributed by atoms with E-state index >= 15 is 0 Å². The average Bonchev–Trinajstić information content (AvgIpc) is 3.41. The van der Waals surface area contributed by atoms with Crippen LogP contribution < -0.4 is 14.8 Å². The second-order valence-electron chi connectivity index (χ2n) is 7.36. The van der Waals surface area contributed by atoms with Gasteiger partial charge >= 0.3 is 0 Å². The first-order chi connectivity index (χ1) is 15.5. The van der Waals surface area contributed by atoms with Gasteiger partial charge in [0, 0.05) is 17.9 Å². The van der Waals surface area contributed by atoms with Gasteiger partial charge in [-0.25, -0.2) is 0 Å². The molecule has 7 heteroatoms. The first kappa shape index (κ1) is 22.8. The predicted octanol–water partition coefficient (Wildman–Crippen LogP) is 4.03. The summed E-state index contributed by atoms with van der Waals surface area (Å²) in [6, 6.07) is 13.4. The average molecular weight is 434 g/mol. The number of aromatic nitrogens is 1. The molecule has 0 saturated carbocycles. The number of carbonyl (C=O) groups is 1. The van der Waals surface area contributed by atoms with Crippen LogP contribution in [0.1, 0.15) is 28.3 Å². The van der Waals surface area contributed by atoms with Crippen molar-refractivity contribution in [3.8, 4) is 17.6 Å². The maximum Gasteiger partial charge on any atom is 0.261 e. The highest BCUT2D eigenvalue weighted by atomic mass is 16.5. The molecule has 0 atom stereocenters. The number of nitrogens with one attached hydrogen (secondary N) is 1. The maximum atomic E-state index is 12.6. The molecule has 3 aromatic rings. The van der Waals surface area contributed by atoms with E-state index < -0.39 is 5.91 Å². The number of rotatable bonds is 9. The molecule has 0 aliphatic carbocycles. The summed E-state index contributed by atoms with van der Waals surface area (Å²) in [5, 5.41) is 12.4. The smallest absolute Gasteiger partial charge is 0.261 e. The Labute approximate surface area is 187 Å². The lowest BCUT2D eigenvalue weighted by Crippen LogP contribution is -2.26. The Balaban J connectivity index is 1.66. The zero-order chi connectivity index (χ0) is 23.1. The Morgan fingerprint density at radius 3 is 2.62 bits per heavy atom. The number of benzene rings is 1. The highest BCUT2D eigenvalue weighted by Gasteiger charge is 2.14. The highest BCUT2D eigenvalue weighted by molar-refractivity contribution is 6.01. The predicted molar refractivity (Wildman–Crippen MR) is 122 cm³/mol. The summed E-state index contributed by atoms with van der Waals surface area (Å²) in [5.74, 6) is 1.73. The molecule has 1 N–H and O–H groups in total. The van der Waals surface area contributed by atoms with Crippen molar-refractivity contribution in [3.05, 3.63) is 76.5 Å². The molecule has 7 nitrogen and oxygen atoms in total. The molecule has 0 aliphatic rings. The van der Waals surface area contributed by atoms with Gasteiger partial charge in [-0.1, -0.05) is 6.07 Å². The molecule has 2 heterocycles. The van der Waals surface area contributed by atoms with E-state index in [0.29, 0.717) is 31.0 Å². The van der Waals surface area contributed by atoms with Gasteiger partial charge in [-0.3, -0.25) is 4.79 Å². The van der Waals surface area contributed by atoms with E-state index in [1.54, 1.807) is 26.6 Å². The van der Waals surface area contributed by atoms with E-state index in [9.17, 15) is 10.1 Å². The number of furan rings is 1. The van der Waals surface area contributed by atoms with Crippen LogP contribution in [0.3, 0.4) is 0 Å². The molecule has 0 spiro atoms. The van der Waals surface area contributed by atoms with Crippen LogP contribution in [-0.4, -0.2) is 31.2 Å². The number of nitriles is 1. The summed E-state index contributed by atoms with van der Waals surface area (Å²) < 4.78 is 18.1. The fraction of sp³-hybridized carbons (Fsp3) is 0.280. The van der Waals surface area contributed by atoms with Gasteiger partial charge in [-0.2, -0.15) is 5.26 Å². The first-order valence-corrected chi connectivity index (χ1v) is 10.3. The van der Waals surface area contributed by atoms with Crippen LogP contribution in [0.25, 0.3) is 6.08 Å². The van der Waals surface area contributed by atoms with Crippen LogP contribution in [0, 0.1) is 25.2 Å². The third kappa shape index (κ3) is 5.22. The number of aryl methyl sites for hydroxylation is 1. The number of hydrogen-bond acceptors (Lipinski definition) is 5. The van der Waals surface area contributed by atoms with Crippen molar-refractivity contribution in [2.45, 2.75) is 26.8 Å². The van der Waals surface area contributed by atoms with Crippen molar-refractivity contribution in [1.29, 1.82) is 5.26 Å². The zero-order valence-corrected chi connectivity index (χ0v) is 18.8. The summed E-state index contributed by atoms with van der Waals surface area (Å²) >= 11 is 0. The molecule has 0 fully saturated rings. The topological polar surface area (TPSA) is 89.4 Å². The Morgan fingerprint density at radius 1 is 1.19 bits per heavy atom. The number of ether oxygens (including phenoxy) is 2. The van der Waals surface area contributed by atoms with Crippen molar-refractivity contribution in [3.63, 3.8) is 0 Å². The van der Waals surface area contributed by atoms with E-state index in [2.05, 4.69) is 9.88 Å². The van der Waals surface area contributed by atoms with Crippen molar-refractivity contribution in [2.24, 2.45) is 0 Å². The molecule has 0 unspecified atom stereocenters. The number of hydrogen-bond donors (Lipinski definition) is 1. The molecule has 32 heavy (non-hydrogen) atoms. The normalized spacial score (nSPS) is 11.2. The van der Waals surface area contributed by atoms with Gasteiger partial charge in [0.15, 0.2) is 11.5 Å². The third-order valence-electron chi connectivity index (χ3n) is 5.32. The minimum atomic E-state index is -0.399. The monoisotopic (exact) mass is 433 g/mol. The Kier molecular flexibility index (Phi) is 7.40. The van der Waals surface area contributed by atoms with Crippen molar-refractivity contribution in [1.82, 2.24) is 9.88 Å². The lowest BCUT2D eigenvalue weighted by atomic mass is 10.1. The summed E-state index contributed by atoms with van der Waals surface area (Å²) in [6.07, 6.45) is 3.87. The summed E-state index contributed by atoms with van der Waals surface area (Å²) in [5.41, 5.74) is 3.88. The fourth-order valence-corrected chi connectivity index (χ4v) is 3.53. The van der Waals surface area contributed by atoms with Gasteiger partial charge in [-0.15, -0.1) is 0 Å². The molecular weight excluding hydrogens is 406 g/mol. The molecule has 166 valence electrons. The Morgan fingerprint density at radius 2 is 1.97 bits per heavy atom. The van der Waals surface area contributed by atoms with Gasteiger partial charge in [0.1, 0.15) is 17.4 Å². The Hall–Kier alpha value is -3.92. The summed E-state index contributed by atoms with van der Waals surface area (Å²) in [7, 11) is 3.17. The van der Waals surface area contributed by atoms with Crippen molar-refractivity contribution in [2.75, 3.05) is 20.8 Å². The van der Waals surface area contributed by atoms with E-state index in [0.717, 1.165) is 28.3 Å². The lowest BCUT2D eigenvalue weighted by molar-refractivity contribution is -0.117. The van der Waals surface area contributed by atoms with Crippen LogP contribution in [0.5, 0.6) is 11.5 Å². The van der Waals surface area contributed by atoms with E-state index in [4.69, 9.17) is 13.9 Å². The maximum absolute atomic E-state index is 12.6. The molecule has 0 radical (unpaired) electrons. The van der Waals surface area contributed by atoms with Crippen LogP contribution in [0.15, 0.2) is 52.7 Å². The molecule has 1 amide bonds. The largest absolute Gasteiger partial charge is 0.493 e. The third-order valence-corrected chi connectivity index (χ3v) is 5.32. The minimum Gasteiger partial charge on any atom is -0.493 e. The SMILES string of the molecule is COc1ccc(CCNC(=O)/C(C#N)=C/c2cc(C)n(Cc3ccco3)c2C)cc1OC. The van der Waals surface area contributed by atoms with Gasteiger partial charge in [0.2, 0.25) is 0 Å². The zero-order valence-electron chi connectivity index (χ0n) is 18.8. The van der Waals surface area contributed by atoms with Gasteiger partial charge in [0.05, 0.1) is 27.0 Å². The van der Waals surface area contributed by atoms with E-state index in [-0.39, 0.29) is 5.57 Å². The molecule has 0 bridgehead atoms. The number of methoxy groups -OCH3 is 2. The van der Waals surface area contributed by atoms with Crippen molar-refractivity contribution >= 4 is 12.0 Å². The lowest BCUT2D eigenvalue weighted by Gasteiger charge is -2.10. The van der Waals surface area contributed by atoms with Crippen LogP contribution in [0.2, 0.25) is 0 Å². The van der Waals surface area contributed by atoms with Crippen LogP contribution in [-0.2, 0) is 17.8 Å². The second-order valence-corrected chi connectivity index (χ2v) is 7.36. The minimum absolute atomic E-state index is 0.0653.